The lowest BCUT2D eigenvalue weighted by molar-refractivity contribution is -0.129. The molecule has 4 rings (SSSR count). The summed E-state index contributed by atoms with van der Waals surface area (Å²) in [7, 11) is 0. The standard InChI is InChI=1S/C18H25N3O2/c22-18(12-14-1-2-17-15(11-14)4-10-23-17)21-7-3-16(13-21)20-8-5-19-6-9-20/h1-2,11,16,19H,3-10,12-13H2. The molecule has 3 aliphatic heterocycles. The fraction of sp³-hybridized carbons (Fsp3) is 0.611. The molecule has 0 spiro atoms. The van der Waals surface area contributed by atoms with E-state index in [1.54, 1.807) is 0 Å². The van der Waals surface area contributed by atoms with Crippen LogP contribution in [0.2, 0.25) is 0 Å². The molecular weight excluding hydrogens is 290 g/mol. The van der Waals surface area contributed by atoms with Gasteiger partial charge in [0.1, 0.15) is 5.75 Å². The van der Waals surface area contributed by atoms with Gasteiger partial charge in [0.05, 0.1) is 13.0 Å². The summed E-state index contributed by atoms with van der Waals surface area (Å²) >= 11 is 0. The number of hydrogen-bond donors (Lipinski definition) is 1. The number of rotatable bonds is 3. The van der Waals surface area contributed by atoms with Crippen molar-refractivity contribution < 1.29 is 9.53 Å². The summed E-state index contributed by atoms with van der Waals surface area (Å²) < 4.78 is 5.53. The molecule has 5 heteroatoms. The first kappa shape index (κ1) is 15.0. The number of piperazine rings is 1. The summed E-state index contributed by atoms with van der Waals surface area (Å²) in [4.78, 5) is 17.2. The first-order valence-corrected chi connectivity index (χ1v) is 8.77. The fourth-order valence-electron chi connectivity index (χ4n) is 3.95. The van der Waals surface area contributed by atoms with Crippen LogP contribution in [0.15, 0.2) is 18.2 Å². The summed E-state index contributed by atoms with van der Waals surface area (Å²) in [6, 6.07) is 6.74. The van der Waals surface area contributed by atoms with Crippen LogP contribution in [0.5, 0.6) is 5.75 Å². The third-order valence-corrected chi connectivity index (χ3v) is 5.29. The fourth-order valence-corrected chi connectivity index (χ4v) is 3.95. The van der Waals surface area contributed by atoms with E-state index >= 15 is 0 Å². The Hall–Kier alpha value is -1.59. The van der Waals surface area contributed by atoms with Gasteiger partial charge < -0.3 is 15.0 Å². The monoisotopic (exact) mass is 315 g/mol. The zero-order valence-corrected chi connectivity index (χ0v) is 13.6. The van der Waals surface area contributed by atoms with Crippen molar-refractivity contribution in [3.8, 4) is 5.75 Å². The van der Waals surface area contributed by atoms with Gasteiger partial charge in [-0.3, -0.25) is 9.69 Å². The minimum Gasteiger partial charge on any atom is -0.493 e. The maximum Gasteiger partial charge on any atom is 0.227 e. The van der Waals surface area contributed by atoms with Crippen molar-refractivity contribution in [1.29, 1.82) is 0 Å². The van der Waals surface area contributed by atoms with E-state index in [-0.39, 0.29) is 5.91 Å². The van der Waals surface area contributed by atoms with Gasteiger partial charge >= 0.3 is 0 Å². The van der Waals surface area contributed by atoms with Crippen molar-refractivity contribution in [2.24, 2.45) is 0 Å². The minimum absolute atomic E-state index is 0.265. The van der Waals surface area contributed by atoms with Gasteiger partial charge in [-0.2, -0.15) is 0 Å². The lowest BCUT2D eigenvalue weighted by Gasteiger charge is -2.32. The summed E-state index contributed by atoms with van der Waals surface area (Å²) in [5.41, 5.74) is 2.36. The van der Waals surface area contributed by atoms with Crippen LogP contribution in [0, 0.1) is 0 Å². The number of hydrogen-bond acceptors (Lipinski definition) is 4. The maximum atomic E-state index is 12.6. The van der Waals surface area contributed by atoms with E-state index in [1.165, 1.54) is 5.56 Å². The first-order valence-electron chi connectivity index (χ1n) is 8.77. The number of carbonyl (C=O) groups is 1. The van der Waals surface area contributed by atoms with E-state index < -0.39 is 0 Å². The third-order valence-electron chi connectivity index (χ3n) is 5.29. The van der Waals surface area contributed by atoms with E-state index in [0.29, 0.717) is 12.5 Å². The predicted octanol–water partition coefficient (Wildman–Crippen LogP) is 0.670. The van der Waals surface area contributed by atoms with Crippen molar-refractivity contribution in [2.45, 2.75) is 25.3 Å². The molecule has 0 aromatic heterocycles. The Kier molecular flexibility index (Phi) is 4.23. The SMILES string of the molecule is O=C(Cc1ccc2c(c1)CCO2)N1CCC(N2CCNCC2)C1. The van der Waals surface area contributed by atoms with E-state index in [1.807, 2.05) is 12.1 Å². The molecule has 3 heterocycles. The number of fused-ring (bicyclic) bond motifs is 1. The van der Waals surface area contributed by atoms with Crippen molar-refractivity contribution in [3.63, 3.8) is 0 Å². The Morgan fingerprint density at radius 2 is 2.13 bits per heavy atom. The number of amides is 1. The highest BCUT2D eigenvalue weighted by Gasteiger charge is 2.30. The van der Waals surface area contributed by atoms with Crippen molar-refractivity contribution in [2.75, 3.05) is 45.9 Å². The Morgan fingerprint density at radius 3 is 3.00 bits per heavy atom. The molecule has 1 unspecified atom stereocenters. The molecule has 0 saturated carbocycles. The summed E-state index contributed by atoms with van der Waals surface area (Å²) in [5.74, 6) is 1.25. The minimum atomic E-state index is 0.265. The Balaban J connectivity index is 1.34. The smallest absolute Gasteiger partial charge is 0.227 e. The molecule has 2 saturated heterocycles. The number of nitrogens with one attached hydrogen (secondary N) is 1. The molecule has 0 aliphatic carbocycles. The van der Waals surface area contributed by atoms with Crippen LogP contribution >= 0.6 is 0 Å². The van der Waals surface area contributed by atoms with Crippen LogP contribution in [-0.4, -0.2) is 67.6 Å². The molecule has 1 aromatic carbocycles. The van der Waals surface area contributed by atoms with Gasteiger partial charge in [0.25, 0.3) is 0 Å². The van der Waals surface area contributed by atoms with Crippen LogP contribution in [0.3, 0.4) is 0 Å². The quantitative estimate of drug-likeness (QED) is 0.890. The second-order valence-corrected chi connectivity index (χ2v) is 6.79. The van der Waals surface area contributed by atoms with Crippen molar-refractivity contribution in [3.05, 3.63) is 29.3 Å². The van der Waals surface area contributed by atoms with Gasteiger partial charge in [0.15, 0.2) is 0 Å². The molecule has 0 bridgehead atoms. The number of nitrogens with zero attached hydrogens (tertiary/aromatic N) is 2. The predicted molar refractivity (Wildman–Crippen MR) is 88.8 cm³/mol. The van der Waals surface area contributed by atoms with Crippen LogP contribution in [0.25, 0.3) is 0 Å². The molecular formula is C18H25N3O2. The van der Waals surface area contributed by atoms with Crippen LogP contribution in [0.4, 0.5) is 0 Å². The second kappa shape index (κ2) is 6.49. The number of benzene rings is 1. The maximum absolute atomic E-state index is 12.6. The van der Waals surface area contributed by atoms with Crippen molar-refractivity contribution >= 4 is 5.91 Å². The van der Waals surface area contributed by atoms with Crippen molar-refractivity contribution in [1.82, 2.24) is 15.1 Å². The van der Waals surface area contributed by atoms with E-state index in [4.69, 9.17) is 4.74 Å². The lowest BCUT2D eigenvalue weighted by Crippen LogP contribution is -2.49. The highest BCUT2D eigenvalue weighted by molar-refractivity contribution is 5.79. The molecule has 0 radical (unpaired) electrons. The summed E-state index contributed by atoms with van der Waals surface area (Å²) in [5, 5.41) is 3.39. The highest BCUT2D eigenvalue weighted by atomic mass is 16.5. The number of ether oxygens (including phenoxy) is 1. The molecule has 1 atom stereocenters. The van der Waals surface area contributed by atoms with Crippen LogP contribution in [-0.2, 0) is 17.6 Å². The van der Waals surface area contributed by atoms with Gasteiger partial charge in [0, 0.05) is 51.7 Å². The van der Waals surface area contributed by atoms with Crippen LogP contribution in [0.1, 0.15) is 17.5 Å². The zero-order valence-electron chi connectivity index (χ0n) is 13.6. The average Bonchev–Trinajstić information content (AvgIpc) is 3.24. The summed E-state index contributed by atoms with van der Waals surface area (Å²) in [6.45, 7) is 6.93. The molecule has 2 fully saturated rings. The van der Waals surface area contributed by atoms with Gasteiger partial charge in [-0.15, -0.1) is 0 Å². The summed E-state index contributed by atoms with van der Waals surface area (Å²) in [6.07, 6.45) is 2.59. The zero-order chi connectivity index (χ0) is 15.6. The molecule has 23 heavy (non-hydrogen) atoms. The molecule has 3 aliphatic rings. The molecule has 1 aromatic rings. The molecule has 5 nitrogen and oxygen atoms in total. The topological polar surface area (TPSA) is 44.8 Å². The Labute approximate surface area is 137 Å². The van der Waals surface area contributed by atoms with E-state index in [2.05, 4.69) is 21.2 Å². The largest absolute Gasteiger partial charge is 0.493 e. The average molecular weight is 315 g/mol. The number of carbonyl (C=O) groups excluding carboxylic acids is 1. The Morgan fingerprint density at radius 1 is 1.26 bits per heavy atom. The molecule has 124 valence electrons. The normalized spacial score (nSPS) is 24.5. The van der Waals surface area contributed by atoms with Gasteiger partial charge in [-0.1, -0.05) is 12.1 Å². The van der Waals surface area contributed by atoms with Crippen LogP contribution < -0.4 is 10.1 Å². The van der Waals surface area contributed by atoms with E-state index in [0.717, 1.165) is 70.0 Å². The Bertz CT molecular complexity index is 584. The molecule has 1 amide bonds. The second-order valence-electron chi connectivity index (χ2n) is 6.79. The van der Waals surface area contributed by atoms with E-state index in [9.17, 15) is 4.79 Å². The lowest BCUT2D eigenvalue weighted by atomic mass is 10.1. The third kappa shape index (κ3) is 3.21. The molecule has 1 N–H and O–H groups in total. The first-order chi connectivity index (χ1) is 11.3. The highest BCUT2D eigenvalue weighted by Crippen LogP contribution is 2.26. The van der Waals surface area contributed by atoms with Gasteiger partial charge in [0.2, 0.25) is 5.91 Å². The van der Waals surface area contributed by atoms with Gasteiger partial charge in [-0.05, 0) is 23.6 Å². The van der Waals surface area contributed by atoms with Gasteiger partial charge in [-0.25, -0.2) is 0 Å². The number of likely N-dealkylation sites (tertiary alicyclic amines) is 1.